The summed E-state index contributed by atoms with van der Waals surface area (Å²) in [7, 11) is 1.57. The van der Waals surface area contributed by atoms with Crippen LogP contribution in [0.4, 0.5) is 24.7 Å². The normalized spacial score (nSPS) is 11.4. The van der Waals surface area contributed by atoms with Crippen molar-refractivity contribution >= 4 is 11.5 Å². The van der Waals surface area contributed by atoms with Crippen LogP contribution in [0.5, 0.6) is 0 Å². The minimum atomic E-state index is -4.42. The number of alkyl halides is 3. The van der Waals surface area contributed by atoms with Crippen LogP contribution < -0.4 is 10.6 Å². The second kappa shape index (κ2) is 5.40. The molecule has 3 nitrogen and oxygen atoms in total. The van der Waals surface area contributed by atoms with Crippen molar-refractivity contribution in [1.82, 2.24) is 4.98 Å². The molecule has 0 atom stereocenters. The topological polar surface area (TPSA) is 42.1 Å². The molecule has 2 N–H and O–H groups in total. The maximum absolute atomic E-state index is 12.9. The number of nitrogens with two attached hydrogens (primary N) is 1. The van der Waals surface area contributed by atoms with Gasteiger partial charge in [-0.3, -0.25) is 0 Å². The number of nitrogens with zero attached hydrogens (tertiary/aromatic N) is 2. The third-order valence-corrected chi connectivity index (χ3v) is 2.82. The van der Waals surface area contributed by atoms with Crippen LogP contribution in [0.3, 0.4) is 0 Å². The molecule has 1 aromatic carbocycles. The quantitative estimate of drug-likeness (QED) is 0.878. The molecular formula is C14H14F3N3. The first-order valence-corrected chi connectivity index (χ1v) is 5.95. The maximum Gasteiger partial charge on any atom is 0.419 e. The molecule has 1 aromatic heterocycles. The first-order valence-electron chi connectivity index (χ1n) is 5.95. The zero-order valence-corrected chi connectivity index (χ0v) is 10.9. The Kier molecular flexibility index (Phi) is 3.83. The van der Waals surface area contributed by atoms with Crippen LogP contribution in [-0.2, 0) is 12.7 Å². The lowest BCUT2D eigenvalue weighted by Crippen LogP contribution is -2.22. The molecule has 1 heterocycles. The van der Waals surface area contributed by atoms with Gasteiger partial charge in [0.25, 0.3) is 0 Å². The highest BCUT2D eigenvalue weighted by molar-refractivity contribution is 5.49. The molecule has 0 fully saturated rings. The van der Waals surface area contributed by atoms with E-state index in [0.717, 1.165) is 11.6 Å². The Balaban J connectivity index is 2.28. The lowest BCUT2D eigenvalue weighted by molar-refractivity contribution is -0.137. The smallest absolute Gasteiger partial charge is 0.399 e. The van der Waals surface area contributed by atoms with E-state index in [1.807, 2.05) is 6.07 Å². The number of hydrogen-bond acceptors (Lipinski definition) is 3. The van der Waals surface area contributed by atoms with Crippen LogP contribution in [0.15, 0.2) is 42.6 Å². The van der Waals surface area contributed by atoms with Gasteiger partial charge in [0, 0.05) is 25.5 Å². The molecule has 0 radical (unpaired) electrons. The van der Waals surface area contributed by atoms with Crippen molar-refractivity contribution in [1.29, 1.82) is 0 Å². The Morgan fingerprint density at radius 3 is 2.60 bits per heavy atom. The van der Waals surface area contributed by atoms with Crippen LogP contribution in [0, 0.1) is 0 Å². The molecule has 2 rings (SSSR count). The van der Waals surface area contributed by atoms with Gasteiger partial charge in [-0.15, -0.1) is 0 Å². The first kappa shape index (κ1) is 14.2. The van der Waals surface area contributed by atoms with Crippen LogP contribution >= 0.6 is 0 Å². The first-order chi connectivity index (χ1) is 9.38. The largest absolute Gasteiger partial charge is 0.419 e. The molecule has 0 saturated carbocycles. The van der Waals surface area contributed by atoms with E-state index in [1.54, 1.807) is 25.2 Å². The summed E-state index contributed by atoms with van der Waals surface area (Å²) in [5, 5.41) is 0. The van der Waals surface area contributed by atoms with E-state index in [2.05, 4.69) is 4.98 Å². The summed E-state index contributed by atoms with van der Waals surface area (Å²) >= 11 is 0. The Morgan fingerprint density at radius 1 is 1.20 bits per heavy atom. The van der Waals surface area contributed by atoms with E-state index in [4.69, 9.17) is 5.73 Å². The summed E-state index contributed by atoms with van der Waals surface area (Å²) in [6.07, 6.45) is -3.08. The number of nitrogen functional groups attached to an aromatic ring is 1. The summed E-state index contributed by atoms with van der Waals surface area (Å²) in [5.74, 6) is -0.0950. The van der Waals surface area contributed by atoms with E-state index >= 15 is 0 Å². The third-order valence-electron chi connectivity index (χ3n) is 2.82. The highest BCUT2D eigenvalue weighted by Gasteiger charge is 2.35. The Hall–Kier alpha value is -2.24. The molecular weight excluding hydrogens is 267 g/mol. The second-order valence-electron chi connectivity index (χ2n) is 4.47. The highest BCUT2D eigenvalue weighted by atomic mass is 19.4. The van der Waals surface area contributed by atoms with Crippen molar-refractivity contribution in [2.45, 2.75) is 12.7 Å². The number of rotatable bonds is 3. The van der Waals surface area contributed by atoms with E-state index in [-0.39, 0.29) is 5.82 Å². The van der Waals surface area contributed by atoms with Crippen molar-refractivity contribution < 1.29 is 13.2 Å². The van der Waals surface area contributed by atoms with Crippen LogP contribution in [0.1, 0.15) is 11.1 Å². The summed E-state index contributed by atoms with van der Waals surface area (Å²) in [5.41, 5.74) is 6.32. The molecule has 6 heteroatoms. The summed E-state index contributed by atoms with van der Waals surface area (Å²) < 4.78 is 38.8. The van der Waals surface area contributed by atoms with E-state index in [9.17, 15) is 13.2 Å². The fourth-order valence-corrected chi connectivity index (χ4v) is 1.96. The van der Waals surface area contributed by atoms with Gasteiger partial charge in [0.1, 0.15) is 5.82 Å². The van der Waals surface area contributed by atoms with Gasteiger partial charge in [0.05, 0.1) is 5.56 Å². The second-order valence-corrected chi connectivity index (χ2v) is 4.47. The van der Waals surface area contributed by atoms with E-state index < -0.39 is 11.7 Å². The van der Waals surface area contributed by atoms with Gasteiger partial charge in [-0.25, -0.2) is 4.98 Å². The molecule has 0 aliphatic heterocycles. The van der Waals surface area contributed by atoms with Crippen molar-refractivity contribution in [2.75, 3.05) is 17.7 Å². The Bertz CT molecular complexity index is 596. The molecule has 0 amide bonds. The number of anilines is 2. The summed E-state index contributed by atoms with van der Waals surface area (Å²) in [4.78, 5) is 5.29. The van der Waals surface area contributed by atoms with E-state index in [1.165, 1.54) is 17.2 Å². The zero-order valence-electron chi connectivity index (χ0n) is 10.9. The number of aromatic nitrogens is 1. The molecule has 106 valence electrons. The number of benzene rings is 1. The van der Waals surface area contributed by atoms with Crippen molar-refractivity contribution in [3.63, 3.8) is 0 Å². The number of pyridine rings is 1. The van der Waals surface area contributed by atoms with Gasteiger partial charge in [0.2, 0.25) is 0 Å². The molecule has 0 spiro atoms. The van der Waals surface area contributed by atoms with Crippen molar-refractivity contribution in [3.8, 4) is 0 Å². The van der Waals surface area contributed by atoms with Crippen molar-refractivity contribution in [3.05, 3.63) is 53.7 Å². The molecule has 0 aliphatic carbocycles. The minimum absolute atomic E-state index is 0.0950. The summed E-state index contributed by atoms with van der Waals surface area (Å²) in [6.45, 7) is 0.297. The Morgan fingerprint density at radius 2 is 1.95 bits per heavy atom. The van der Waals surface area contributed by atoms with Crippen molar-refractivity contribution in [2.24, 2.45) is 0 Å². The molecule has 20 heavy (non-hydrogen) atoms. The average molecular weight is 281 g/mol. The van der Waals surface area contributed by atoms with Gasteiger partial charge < -0.3 is 10.6 Å². The number of hydrogen-bond donors (Lipinski definition) is 1. The highest BCUT2D eigenvalue weighted by Crippen LogP contribution is 2.35. The van der Waals surface area contributed by atoms with Crippen LogP contribution in [0.2, 0.25) is 0 Å². The van der Waals surface area contributed by atoms with Gasteiger partial charge in [0.15, 0.2) is 0 Å². The lowest BCUT2D eigenvalue weighted by Gasteiger charge is -2.22. The monoisotopic (exact) mass is 281 g/mol. The van der Waals surface area contributed by atoms with Gasteiger partial charge >= 0.3 is 6.18 Å². The minimum Gasteiger partial charge on any atom is -0.399 e. The molecule has 0 saturated heterocycles. The van der Waals surface area contributed by atoms with Gasteiger partial charge in [-0.1, -0.05) is 12.1 Å². The predicted molar refractivity (Wildman–Crippen MR) is 72.2 cm³/mol. The fourth-order valence-electron chi connectivity index (χ4n) is 1.96. The molecule has 0 bridgehead atoms. The maximum atomic E-state index is 12.9. The number of halogens is 3. The molecule has 0 unspecified atom stereocenters. The lowest BCUT2D eigenvalue weighted by atomic mass is 10.1. The molecule has 2 aromatic rings. The SMILES string of the molecule is CN(Cc1cccc(N)c1)c1ncccc1C(F)(F)F. The summed E-state index contributed by atoms with van der Waals surface area (Å²) in [6, 6.07) is 9.33. The fraction of sp³-hybridized carbons (Fsp3) is 0.214. The molecule has 0 aliphatic rings. The average Bonchev–Trinajstić information content (AvgIpc) is 2.37. The van der Waals surface area contributed by atoms with Crippen LogP contribution in [-0.4, -0.2) is 12.0 Å². The van der Waals surface area contributed by atoms with Gasteiger partial charge in [-0.2, -0.15) is 13.2 Å². The third kappa shape index (κ3) is 3.20. The Labute approximate surface area is 114 Å². The zero-order chi connectivity index (χ0) is 14.8. The van der Waals surface area contributed by atoms with E-state index in [0.29, 0.717) is 12.2 Å². The van der Waals surface area contributed by atoms with Crippen LogP contribution in [0.25, 0.3) is 0 Å². The standard InChI is InChI=1S/C14H14F3N3/c1-20(9-10-4-2-5-11(18)8-10)13-12(14(15,16)17)6-3-7-19-13/h2-8H,9,18H2,1H3. The van der Waals surface area contributed by atoms with Gasteiger partial charge in [-0.05, 0) is 29.8 Å². The predicted octanol–water partition coefficient (Wildman–Crippen LogP) is 3.32.